The molecular formula is C36H58O2. The monoisotopic (exact) mass is 522 g/mol. The molecule has 2 nitrogen and oxygen atoms in total. The fourth-order valence-electron chi connectivity index (χ4n) is 9.59. The highest BCUT2D eigenvalue weighted by atomic mass is 16.3. The molecule has 0 aliphatic heterocycles. The van der Waals surface area contributed by atoms with E-state index in [1.807, 2.05) is 18.2 Å². The third-order valence-corrected chi connectivity index (χ3v) is 11.7. The lowest BCUT2D eigenvalue weighted by molar-refractivity contribution is -0.0573. The van der Waals surface area contributed by atoms with Crippen molar-refractivity contribution in [2.45, 2.75) is 124 Å². The van der Waals surface area contributed by atoms with Crippen LogP contribution in [-0.4, -0.2) is 22.9 Å². The quantitative estimate of drug-likeness (QED) is 0.334. The Morgan fingerprint density at radius 1 is 0.895 bits per heavy atom. The van der Waals surface area contributed by atoms with Crippen molar-refractivity contribution in [1.82, 2.24) is 0 Å². The number of hydrogen-bond donors (Lipinski definition) is 2. The van der Waals surface area contributed by atoms with E-state index in [2.05, 4.69) is 52.8 Å². The molecule has 38 heavy (non-hydrogen) atoms. The van der Waals surface area contributed by atoms with E-state index in [9.17, 15) is 5.11 Å². The van der Waals surface area contributed by atoms with Gasteiger partial charge in [0.1, 0.15) is 0 Å². The number of rotatable bonds is 8. The van der Waals surface area contributed by atoms with Gasteiger partial charge in [0.25, 0.3) is 0 Å². The molecule has 3 fully saturated rings. The summed E-state index contributed by atoms with van der Waals surface area (Å²) in [6, 6.07) is 10.2. The highest BCUT2D eigenvalue weighted by Crippen LogP contribution is 2.67. The van der Waals surface area contributed by atoms with E-state index < -0.39 is 0 Å². The topological polar surface area (TPSA) is 40.5 Å². The average Bonchev–Trinajstić information content (AvgIpc) is 3.26. The third kappa shape index (κ3) is 6.43. The van der Waals surface area contributed by atoms with Crippen molar-refractivity contribution >= 4 is 0 Å². The standard InChI is InChI=1S/C27H46O.C9H12O/c1-18(2)7-6-8-19(3)23-11-12-24-22-10-9-20-17-21(28)13-15-26(20,4)25(22)14-16-27(23,24)5;10-8-4-7-9-5-2-1-3-6-9/h9,18-19,21-25,28H,6-8,10-17H2,1-5H3;1-3,5-6,10H,4,7-8H2/t19?,21-,22-,23+,24-,25-,26-,27+;/m0./s1. The van der Waals surface area contributed by atoms with Crippen molar-refractivity contribution in [3.8, 4) is 0 Å². The average molecular weight is 523 g/mol. The van der Waals surface area contributed by atoms with E-state index in [1.165, 1.54) is 63.4 Å². The van der Waals surface area contributed by atoms with E-state index in [1.54, 1.807) is 5.57 Å². The van der Waals surface area contributed by atoms with Gasteiger partial charge in [-0.2, -0.15) is 0 Å². The van der Waals surface area contributed by atoms with E-state index in [4.69, 9.17) is 5.11 Å². The minimum Gasteiger partial charge on any atom is -0.396 e. The van der Waals surface area contributed by atoms with Gasteiger partial charge in [0, 0.05) is 6.61 Å². The number of benzene rings is 1. The van der Waals surface area contributed by atoms with Crippen LogP contribution < -0.4 is 0 Å². The SMILES string of the molecule is CC(C)CCCC(C)[C@H]1CC[C@H]2[C@@H]3CC=C4C[C@@H](O)CC[C@]4(C)[C@H]3CC[C@]12C.OCCCc1ccccc1. The van der Waals surface area contributed by atoms with Crippen molar-refractivity contribution in [3.05, 3.63) is 47.5 Å². The van der Waals surface area contributed by atoms with Crippen molar-refractivity contribution in [3.63, 3.8) is 0 Å². The second kappa shape index (κ2) is 13.0. The van der Waals surface area contributed by atoms with E-state index >= 15 is 0 Å². The summed E-state index contributed by atoms with van der Waals surface area (Å²) in [6.45, 7) is 12.9. The minimum absolute atomic E-state index is 0.0766. The maximum atomic E-state index is 10.2. The van der Waals surface area contributed by atoms with Crippen LogP contribution in [0.1, 0.15) is 117 Å². The second-order valence-corrected chi connectivity index (χ2v) is 14.5. The van der Waals surface area contributed by atoms with Crippen molar-refractivity contribution in [2.24, 2.45) is 46.3 Å². The molecule has 1 aromatic carbocycles. The van der Waals surface area contributed by atoms with Crippen LogP contribution in [0, 0.1) is 46.3 Å². The lowest BCUT2D eigenvalue weighted by Gasteiger charge is -2.58. The molecule has 1 unspecified atom stereocenters. The van der Waals surface area contributed by atoms with Crippen LogP contribution in [-0.2, 0) is 6.42 Å². The molecule has 1 aromatic rings. The molecule has 4 aliphatic carbocycles. The molecule has 2 N–H and O–H groups in total. The van der Waals surface area contributed by atoms with Gasteiger partial charge < -0.3 is 10.2 Å². The molecule has 0 spiro atoms. The third-order valence-electron chi connectivity index (χ3n) is 11.7. The lowest BCUT2D eigenvalue weighted by Crippen LogP contribution is -2.50. The van der Waals surface area contributed by atoms with Crippen molar-refractivity contribution in [1.29, 1.82) is 0 Å². The summed E-state index contributed by atoms with van der Waals surface area (Å²) in [5.41, 5.74) is 3.91. The van der Waals surface area contributed by atoms with Crippen LogP contribution in [0.5, 0.6) is 0 Å². The number of aliphatic hydroxyl groups is 2. The summed E-state index contributed by atoms with van der Waals surface area (Å²) in [5.74, 6) is 5.46. The molecule has 2 heteroatoms. The van der Waals surface area contributed by atoms with Crippen molar-refractivity contribution < 1.29 is 10.2 Å². The number of allylic oxidation sites excluding steroid dienone is 1. The number of aryl methyl sites for hydroxylation is 1. The molecule has 0 saturated heterocycles. The van der Waals surface area contributed by atoms with Crippen LogP contribution >= 0.6 is 0 Å². The fraction of sp³-hybridized carbons (Fsp3) is 0.778. The summed E-state index contributed by atoms with van der Waals surface area (Å²) in [6.07, 6.45) is 19.0. The normalized spacial score (nSPS) is 36.8. The Labute approximate surface area is 234 Å². The highest BCUT2D eigenvalue weighted by Gasteiger charge is 2.59. The first-order chi connectivity index (χ1) is 18.2. The van der Waals surface area contributed by atoms with Gasteiger partial charge in [-0.25, -0.2) is 0 Å². The smallest absolute Gasteiger partial charge is 0.0577 e. The molecule has 0 radical (unpaired) electrons. The molecular weight excluding hydrogens is 464 g/mol. The predicted octanol–water partition coefficient (Wildman–Crippen LogP) is 9.00. The minimum atomic E-state index is -0.0766. The Morgan fingerprint density at radius 2 is 1.66 bits per heavy atom. The Morgan fingerprint density at radius 3 is 2.37 bits per heavy atom. The molecule has 214 valence electrons. The molecule has 4 aliphatic rings. The molecule has 5 rings (SSSR count). The lowest BCUT2D eigenvalue weighted by atomic mass is 9.47. The maximum absolute atomic E-state index is 10.2. The van der Waals surface area contributed by atoms with Crippen LogP contribution in [0.4, 0.5) is 0 Å². The Bertz CT molecular complexity index is 890. The van der Waals surface area contributed by atoms with Gasteiger partial charge >= 0.3 is 0 Å². The molecule has 3 saturated carbocycles. The zero-order valence-electron chi connectivity index (χ0n) is 25.3. The molecule has 0 bridgehead atoms. The first-order valence-corrected chi connectivity index (χ1v) is 16.2. The number of hydrogen-bond acceptors (Lipinski definition) is 2. The van der Waals surface area contributed by atoms with Gasteiger partial charge in [-0.05, 0) is 116 Å². The molecule has 8 atom stereocenters. The van der Waals surface area contributed by atoms with Crippen LogP contribution in [0.2, 0.25) is 0 Å². The van der Waals surface area contributed by atoms with Crippen LogP contribution in [0.3, 0.4) is 0 Å². The Hall–Kier alpha value is -1.12. The first kappa shape index (κ1) is 29.9. The van der Waals surface area contributed by atoms with Gasteiger partial charge in [0.05, 0.1) is 6.10 Å². The number of aliphatic hydroxyl groups excluding tert-OH is 2. The van der Waals surface area contributed by atoms with Gasteiger partial charge in [-0.1, -0.05) is 95.9 Å². The van der Waals surface area contributed by atoms with Crippen LogP contribution in [0.15, 0.2) is 42.0 Å². The van der Waals surface area contributed by atoms with Gasteiger partial charge in [0.2, 0.25) is 0 Å². The summed E-state index contributed by atoms with van der Waals surface area (Å²) >= 11 is 0. The predicted molar refractivity (Wildman–Crippen MR) is 161 cm³/mol. The summed E-state index contributed by atoms with van der Waals surface area (Å²) in [7, 11) is 0. The zero-order valence-corrected chi connectivity index (χ0v) is 25.3. The first-order valence-electron chi connectivity index (χ1n) is 16.2. The van der Waals surface area contributed by atoms with E-state index in [0.717, 1.165) is 61.2 Å². The molecule has 0 aromatic heterocycles. The Kier molecular flexibility index (Phi) is 10.2. The number of fused-ring (bicyclic) bond motifs is 5. The summed E-state index contributed by atoms with van der Waals surface area (Å²) < 4.78 is 0. The largest absolute Gasteiger partial charge is 0.396 e. The maximum Gasteiger partial charge on any atom is 0.0577 e. The zero-order chi connectivity index (χ0) is 27.3. The Balaban J connectivity index is 0.000000283. The summed E-state index contributed by atoms with van der Waals surface area (Å²) in [4.78, 5) is 0. The van der Waals surface area contributed by atoms with Crippen LogP contribution in [0.25, 0.3) is 0 Å². The fourth-order valence-corrected chi connectivity index (χ4v) is 9.59. The molecule has 0 heterocycles. The van der Waals surface area contributed by atoms with Crippen molar-refractivity contribution in [2.75, 3.05) is 6.61 Å². The highest BCUT2D eigenvalue weighted by molar-refractivity contribution is 5.25. The van der Waals surface area contributed by atoms with Gasteiger partial charge in [-0.3, -0.25) is 0 Å². The van der Waals surface area contributed by atoms with Gasteiger partial charge in [0.15, 0.2) is 0 Å². The second-order valence-electron chi connectivity index (χ2n) is 14.5. The van der Waals surface area contributed by atoms with Gasteiger partial charge in [-0.15, -0.1) is 0 Å². The summed E-state index contributed by atoms with van der Waals surface area (Å²) in [5, 5.41) is 18.7. The van der Waals surface area contributed by atoms with E-state index in [-0.39, 0.29) is 12.7 Å². The molecule has 0 amide bonds. The van der Waals surface area contributed by atoms with E-state index in [0.29, 0.717) is 10.8 Å².